The molecular formula is C11H26Si2. The van der Waals surface area contributed by atoms with Gasteiger partial charge in [0.25, 0.3) is 0 Å². The van der Waals surface area contributed by atoms with E-state index in [1.807, 2.05) is 0 Å². The topological polar surface area (TPSA) is 0 Å². The summed E-state index contributed by atoms with van der Waals surface area (Å²) < 4.78 is 0. The maximum atomic E-state index is 2.66. The predicted molar refractivity (Wildman–Crippen MR) is 67.7 cm³/mol. The largest absolute Gasteiger partial charge is 0.0715 e. The zero-order chi connectivity index (χ0) is 10.1. The second kappa shape index (κ2) is 3.89. The van der Waals surface area contributed by atoms with Gasteiger partial charge in [-0.15, -0.1) is 0 Å². The van der Waals surface area contributed by atoms with Crippen LogP contribution in [0.4, 0.5) is 0 Å². The lowest BCUT2D eigenvalue weighted by atomic mass is 10.0. The van der Waals surface area contributed by atoms with E-state index in [0.717, 1.165) is 5.54 Å². The first-order valence-corrected chi connectivity index (χ1v) is 13.4. The van der Waals surface area contributed by atoms with Crippen LogP contribution < -0.4 is 0 Å². The molecule has 0 amide bonds. The summed E-state index contributed by atoms with van der Waals surface area (Å²) >= 11 is 0. The molecule has 1 fully saturated rings. The van der Waals surface area contributed by atoms with E-state index in [9.17, 15) is 0 Å². The fraction of sp³-hybridized carbons (Fsp3) is 1.00. The van der Waals surface area contributed by atoms with Crippen molar-refractivity contribution < 1.29 is 0 Å². The summed E-state index contributed by atoms with van der Waals surface area (Å²) in [5.41, 5.74) is 1.16. The minimum atomic E-state index is -0.865. The summed E-state index contributed by atoms with van der Waals surface area (Å²) in [5, 5.41) is 0. The molecule has 78 valence electrons. The fourth-order valence-electron chi connectivity index (χ4n) is 2.44. The van der Waals surface area contributed by atoms with Gasteiger partial charge in [0.2, 0.25) is 0 Å². The van der Waals surface area contributed by atoms with Crippen LogP contribution in [-0.4, -0.2) is 15.2 Å². The molecule has 0 atom stereocenters. The van der Waals surface area contributed by atoms with Crippen molar-refractivity contribution in [3.63, 3.8) is 0 Å². The van der Waals surface area contributed by atoms with Crippen LogP contribution in [-0.2, 0) is 0 Å². The normalized spacial score (nSPS) is 21.9. The van der Waals surface area contributed by atoms with Crippen molar-refractivity contribution in [2.24, 2.45) is 0 Å². The van der Waals surface area contributed by atoms with Crippen LogP contribution in [0.1, 0.15) is 32.1 Å². The molecule has 2 heteroatoms. The Morgan fingerprint density at radius 1 is 0.769 bits per heavy atom. The van der Waals surface area contributed by atoms with E-state index in [1.165, 1.54) is 19.3 Å². The molecule has 0 N–H and O–H groups in total. The van der Waals surface area contributed by atoms with Crippen molar-refractivity contribution in [3.8, 4) is 0 Å². The standard InChI is InChI=1S/C11H26Si2/c1-12(2,3)13(4,5)11-9-7-6-8-10-11/h11H,6-10H2,1-5H3. The van der Waals surface area contributed by atoms with Gasteiger partial charge in [-0.25, -0.2) is 0 Å². The van der Waals surface area contributed by atoms with E-state index >= 15 is 0 Å². The van der Waals surface area contributed by atoms with Crippen LogP contribution in [0.5, 0.6) is 0 Å². The van der Waals surface area contributed by atoms with Crippen LogP contribution in [0.3, 0.4) is 0 Å². The quantitative estimate of drug-likeness (QED) is 0.596. The lowest BCUT2D eigenvalue weighted by Crippen LogP contribution is -2.55. The Labute approximate surface area is 85.9 Å². The molecule has 0 saturated heterocycles. The zero-order valence-corrected chi connectivity index (χ0v) is 12.1. The maximum absolute atomic E-state index is 2.66. The van der Waals surface area contributed by atoms with Gasteiger partial charge in [-0.1, -0.05) is 64.8 Å². The van der Waals surface area contributed by atoms with Crippen LogP contribution in [0, 0.1) is 0 Å². The van der Waals surface area contributed by atoms with E-state index in [-0.39, 0.29) is 0 Å². The second-order valence-corrected chi connectivity index (χ2v) is 23.4. The minimum absolute atomic E-state index is 0.833. The lowest BCUT2D eigenvalue weighted by Gasteiger charge is -2.44. The average Bonchev–Trinajstić information content (AvgIpc) is 2.04. The van der Waals surface area contributed by atoms with Gasteiger partial charge in [0, 0.05) is 15.2 Å². The summed E-state index contributed by atoms with van der Waals surface area (Å²) in [5.74, 6) is 0. The van der Waals surface area contributed by atoms with Crippen LogP contribution in [0.2, 0.25) is 38.3 Å². The smallest absolute Gasteiger partial charge is 0.0440 e. The molecule has 13 heavy (non-hydrogen) atoms. The van der Waals surface area contributed by atoms with Crippen molar-refractivity contribution >= 4 is 15.2 Å². The van der Waals surface area contributed by atoms with Gasteiger partial charge in [-0.2, -0.15) is 0 Å². The highest BCUT2D eigenvalue weighted by Crippen LogP contribution is 2.41. The monoisotopic (exact) mass is 214 g/mol. The molecule has 0 unspecified atom stereocenters. The van der Waals surface area contributed by atoms with E-state index in [0.29, 0.717) is 0 Å². The van der Waals surface area contributed by atoms with Crippen molar-refractivity contribution in [2.75, 3.05) is 0 Å². The lowest BCUT2D eigenvalue weighted by molar-refractivity contribution is 0.495. The van der Waals surface area contributed by atoms with Crippen LogP contribution >= 0.6 is 0 Å². The fourth-order valence-corrected chi connectivity index (χ4v) is 10.1. The maximum Gasteiger partial charge on any atom is 0.0440 e. The average molecular weight is 215 g/mol. The van der Waals surface area contributed by atoms with E-state index in [2.05, 4.69) is 32.7 Å². The predicted octanol–water partition coefficient (Wildman–Crippen LogP) is 4.45. The third-order valence-electron chi connectivity index (χ3n) is 4.56. The van der Waals surface area contributed by atoms with Crippen LogP contribution in [0.25, 0.3) is 0 Å². The Bertz CT molecular complexity index is 161. The Balaban J connectivity index is 2.67. The van der Waals surface area contributed by atoms with E-state index in [4.69, 9.17) is 0 Å². The molecule has 0 aromatic rings. The summed E-state index contributed by atoms with van der Waals surface area (Å²) in [6.07, 6.45) is 7.66. The van der Waals surface area contributed by atoms with Gasteiger partial charge in [0.1, 0.15) is 0 Å². The molecule has 0 aliphatic heterocycles. The Morgan fingerprint density at radius 3 is 1.62 bits per heavy atom. The van der Waals surface area contributed by atoms with Gasteiger partial charge >= 0.3 is 0 Å². The highest BCUT2D eigenvalue weighted by Gasteiger charge is 2.42. The van der Waals surface area contributed by atoms with Gasteiger partial charge in [-0.3, -0.25) is 0 Å². The molecule has 0 aromatic carbocycles. The van der Waals surface area contributed by atoms with E-state index in [1.54, 1.807) is 12.8 Å². The van der Waals surface area contributed by atoms with Crippen molar-refractivity contribution in [1.82, 2.24) is 0 Å². The number of hydrogen-bond acceptors (Lipinski definition) is 0. The molecule has 1 aliphatic carbocycles. The highest BCUT2D eigenvalue weighted by atomic mass is 29.3. The molecule has 1 rings (SSSR count). The molecule has 0 aromatic heterocycles. The molecule has 1 aliphatic rings. The van der Waals surface area contributed by atoms with E-state index < -0.39 is 15.2 Å². The summed E-state index contributed by atoms with van der Waals surface area (Å²) in [6, 6.07) is 0. The first kappa shape index (κ1) is 11.5. The minimum Gasteiger partial charge on any atom is -0.0715 e. The zero-order valence-electron chi connectivity index (χ0n) is 10.1. The SMILES string of the molecule is C[Si](C)(C)[Si](C)(C)C1CCCCC1. The first-order chi connectivity index (χ1) is 5.86. The Hall–Kier alpha value is 0.434. The third-order valence-corrected chi connectivity index (χ3v) is 23.9. The molecular weight excluding hydrogens is 188 g/mol. The Kier molecular flexibility index (Phi) is 3.45. The third kappa shape index (κ3) is 2.46. The molecule has 0 heterocycles. The van der Waals surface area contributed by atoms with Gasteiger partial charge in [0.05, 0.1) is 0 Å². The van der Waals surface area contributed by atoms with Gasteiger partial charge in [0.15, 0.2) is 0 Å². The van der Waals surface area contributed by atoms with Gasteiger partial charge in [-0.05, 0) is 5.54 Å². The molecule has 0 bridgehead atoms. The first-order valence-electron chi connectivity index (χ1n) is 5.86. The summed E-state index contributed by atoms with van der Waals surface area (Å²) in [6.45, 7) is 13.1. The van der Waals surface area contributed by atoms with Gasteiger partial charge < -0.3 is 0 Å². The molecule has 0 nitrogen and oxygen atoms in total. The summed E-state index contributed by atoms with van der Waals surface area (Å²) in [7, 11) is -1.70. The highest BCUT2D eigenvalue weighted by molar-refractivity contribution is 7.40. The van der Waals surface area contributed by atoms with Crippen molar-refractivity contribution in [1.29, 1.82) is 0 Å². The second-order valence-electron chi connectivity index (χ2n) is 6.31. The molecule has 1 saturated carbocycles. The number of rotatable bonds is 2. The van der Waals surface area contributed by atoms with Crippen molar-refractivity contribution in [3.05, 3.63) is 0 Å². The Morgan fingerprint density at radius 2 is 1.23 bits per heavy atom. The molecule has 0 radical (unpaired) electrons. The van der Waals surface area contributed by atoms with Crippen molar-refractivity contribution in [2.45, 2.75) is 70.4 Å². The molecule has 0 spiro atoms. The van der Waals surface area contributed by atoms with Crippen LogP contribution in [0.15, 0.2) is 0 Å². The number of hydrogen-bond donors (Lipinski definition) is 0. The summed E-state index contributed by atoms with van der Waals surface area (Å²) in [4.78, 5) is 0.